The fourth-order valence-electron chi connectivity index (χ4n) is 1.71. The fourth-order valence-corrected chi connectivity index (χ4v) is 1.87. The summed E-state index contributed by atoms with van der Waals surface area (Å²) in [5.74, 6) is 3.31. The van der Waals surface area contributed by atoms with Crippen molar-refractivity contribution >= 4 is 28.9 Å². The summed E-state index contributed by atoms with van der Waals surface area (Å²) in [5, 5.41) is 3.24. The Labute approximate surface area is 125 Å². The number of anilines is 3. The number of nitrogens with one attached hydrogen (secondary N) is 2. The second kappa shape index (κ2) is 6.11. The number of aromatic nitrogens is 1. The maximum absolute atomic E-state index is 13.8. The molecule has 0 spiro atoms. The van der Waals surface area contributed by atoms with Crippen LogP contribution in [0.25, 0.3) is 0 Å². The highest BCUT2D eigenvalue weighted by molar-refractivity contribution is 6.31. The Bertz CT molecular complexity index is 682. The summed E-state index contributed by atoms with van der Waals surface area (Å²) in [7, 11) is 1.45. The monoisotopic (exact) mass is 314 g/mol. The molecule has 0 bridgehead atoms. The first-order chi connectivity index (χ1) is 9.96. The number of halogens is 3. The molecular formula is C13H13ClF2N4O. The Hall–Kier alpha value is -2.12. The molecule has 4 N–H and O–H groups in total. The number of benzene rings is 1. The minimum atomic E-state index is -0.889. The molecule has 0 fully saturated rings. The molecule has 0 saturated heterocycles. The lowest BCUT2D eigenvalue weighted by Crippen LogP contribution is -2.12. The van der Waals surface area contributed by atoms with Crippen LogP contribution in [-0.4, -0.2) is 12.1 Å². The summed E-state index contributed by atoms with van der Waals surface area (Å²) < 4.78 is 32.2. The van der Waals surface area contributed by atoms with Gasteiger partial charge in [-0.05, 0) is 18.6 Å². The van der Waals surface area contributed by atoms with Crippen LogP contribution in [0, 0.1) is 18.6 Å². The van der Waals surface area contributed by atoms with Crippen molar-refractivity contribution in [3.63, 3.8) is 0 Å². The van der Waals surface area contributed by atoms with E-state index in [1.54, 1.807) is 19.1 Å². The molecule has 21 heavy (non-hydrogen) atoms. The molecule has 0 aliphatic heterocycles. The third-order valence-corrected chi connectivity index (χ3v) is 3.21. The van der Waals surface area contributed by atoms with Crippen molar-refractivity contribution in [1.29, 1.82) is 0 Å². The summed E-state index contributed by atoms with van der Waals surface area (Å²) in [4.78, 5) is 3.73. The van der Waals surface area contributed by atoms with Gasteiger partial charge in [-0.25, -0.2) is 19.6 Å². The molecule has 0 aliphatic rings. The molecule has 1 aromatic heterocycles. The topological polar surface area (TPSA) is 72.2 Å². The van der Waals surface area contributed by atoms with Crippen LogP contribution < -0.4 is 21.3 Å². The van der Waals surface area contributed by atoms with Gasteiger partial charge in [-0.15, -0.1) is 0 Å². The predicted octanol–water partition coefficient (Wildman–Crippen LogP) is 3.36. The highest BCUT2D eigenvalue weighted by atomic mass is 35.5. The minimum absolute atomic E-state index is 0.190. The van der Waals surface area contributed by atoms with Crippen LogP contribution in [0.4, 0.5) is 26.1 Å². The number of hydrogen-bond donors (Lipinski definition) is 3. The molecule has 2 rings (SSSR count). The van der Waals surface area contributed by atoms with Crippen LogP contribution in [-0.2, 0) is 0 Å². The van der Waals surface area contributed by atoms with E-state index in [4.69, 9.17) is 22.2 Å². The standard InChI is InChI=1S/C13H13ClF2N4O/c1-6-3-10(11(21-2)4-7(6)14)18-12-8(15)5-9(16)13(19-12)20-17/h3-5H,17H2,1-2H3,(H2,18,19,20). The number of nitrogen functional groups attached to an aromatic ring is 1. The van der Waals surface area contributed by atoms with Gasteiger partial charge < -0.3 is 15.5 Å². The maximum Gasteiger partial charge on any atom is 0.178 e. The quantitative estimate of drug-likeness (QED) is 0.596. The van der Waals surface area contributed by atoms with Crippen LogP contribution in [0.3, 0.4) is 0 Å². The molecule has 1 aromatic carbocycles. The number of ether oxygens (including phenoxy) is 1. The normalized spacial score (nSPS) is 10.4. The van der Waals surface area contributed by atoms with Crippen LogP contribution >= 0.6 is 11.6 Å². The highest BCUT2D eigenvalue weighted by Crippen LogP contribution is 2.33. The van der Waals surface area contributed by atoms with E-state index in [9.17, 15) is 8.78 Å². The van der Waals surface area contributed by atoms with Crippen LogP contribution in [0.1, 0.15) is 5.56 Å². The first-order valence-corrected chi connectivity index (χ1v) is 6.28. The van der Waals surface area contributed by atoms with Gasteiger partial charge in [0.05, 0.1) is 12.8 Å². The van der Waals surface area contributed by atoms with E-state index in [1.807, 2.05) is 0 Å². The Kier molecular flexibility index (Phi) is 4.44. The van der Waals surface area contributed by atoms with Gasteiger partial charge in [-0.2, -0.15) is 0 Å². The number of nitrogens with two attached hydrogens (primary N) is 1. The lowest BCUT2D eigenvalue weighted by molar-refractivity contribution is 0.416. The maximum atomic E-state index is 13.8. The van der Waals surface area contributed by atoms with Crippen molar-refractivity contribution < 1.29 is 13.5 Å². The largest absolute Gasteiger partial charge is 0.495 e. The Balaban J connectivity index is 2.45. The first kappa shape index (κ1) is 15.3. The third-order valence-electron chi connectivity index (χ3n) is 2.80. The van der Waals surface area contributed by atoms with E-state index in [-0.39, 0.29) is 11.6 Å². The Morgan fingerprint density at radius 3 is 2.48 bits per heavy atom. The summed E-state index contributed by atoms with van der Waals surface area (Å²) in [5.41, 5.74) is 3.26. The molecule has 0 amide bonds. The van der Waals surface area contributed by atoms with Crippen molar-refractivity contribution in [2.75, 3.05) is 17.9 Å². The van der Waals surface area contributed by atoms with E-state index in [0.717, 1.165) is 5.56 Å². The highest BCUT2D eigenvalue weighted by Gasteiger charge is 2.14. The summed E-state index contributed by atoms with van der Waals surface area (Å²) in [6.07, 6.45) is 0. The molecule has 112 valence electrons. The molecular weight excluding hydrogens is 302 g/mol. The van der Waals surface area contributed by atoms with E-state index < -0.39 is 11.6 Å². The van der Waals surface area contributed by atoms with Crippen molar-refractivity contribution in [1.82, 2.24) is 4.98 Å². The van der Waals surface area contributed by atoms with Gasteiger partial charge in [-0.3, -0.25) is 0 Å². The molecule has 5 nitrogen and oxygen atoms in total. The number of methoxy groups -OCH3 is 1. The molecule has 0 unspecified atom stereocenters. The second-order valence-corrected chi connectivity index (χ2v) is 4.63. The number of rotatable bonds is 4. The van der Waals surface area contributed by atoms with Crippen LogP contribution in [0.15, 0.2) is 18.2 Å². The fraction of sp³-hybridized carbons (Fsp3) is 0.154. The summed E-state index contributed by atoms with van der Waals surface area (Å²) >= 11 is 5.99. The lowest BCUT2D eigenvalue weighted by Gasteiger charge is -2.14. The zero-order valence-corrected chi connectivity index (χ0v) is 12.1. The molecule has 0 atom stereocenters. The van der Waals surface area contributed by atoms with Crippen LogP contribution in [0.2, 0.25) is 5.02 Å². The molecule has 2 aromatic rings. The average molecular weight is 315 g/mol. The van der Waals surface area contributed by atoms with Gasteiger partial charge >= 0.3 is 0 Å². The van der Waals surface area contributed by atoms with Crippen molar-refractivity contribution in [2.45, 2.75) is 6.92 Å². The summed E-state index contributed by atoms with van der Waals surface area (Å²) in [6.45, 7) is 1.79. The Morgan fingerprint density at radius 1 is 1.19 bits per heavy atom. The van der Waals surface area contributed by atoms with E-state index in [0.29, 0.717) is 22.5 Å². The average Bonchev–Trinajstić information content (AvgIpc) is 2.45. The molecule has 1 heterocycles. The minimum Gasteiger partial charge on any atom is -0.495 e. The lowest BCUT2D eigenvalue weighted by atomic mass is 10.2. The van der Waals surface area contributed by atoms with Crippen molar-refractivity contribution in [3.8, 4) is 5.75 Å². The van der Waals surface area contributed by atoms with Gasteiger partial charge in [0.25, 0.3) is 0 Å². The van der Waals surface area contributed by atoms with Gasteiger partial charge in [0.2, 0.25) is 0 Å². The van der Waals surface area contributed by atoms with Gasteiger partial charge in [0, 0.05) is 17.2 Å². The number of pyridine rings is 1. The zero-order chi connectivity index (χ0) is 15.6. The second-order valence-electron chi connectivity index (χ2n) is 4.22. The van der Waals surface area contributed by atoms with Crippen molar-refractivity contribution in [3.05, 3.63) is 40.4 Å². The number of hydrazine groups is 1. The first-order valence-electron chi connectivity index (χ1n) is 5.90. The summed E-state index contributed by atoms with van der Waals surface area (Å²) in [6, 6.07) is 3.93. The molecule has 0 saturated carbocycles. The van der Waals surface area contributed by atoms with Crippen LogP contribution in [0.5, 0.6) is 5.75 Å². The SMILES string of the molecule is COc1cc(Cl)c(C)cc1Nc1nc(NN)c(F)cc1F. The third kappa shape index (κ3) is 3.14. The Morgan fingerprint density at radius 2 is 1.86 bits per heavy atom. The number of nitrogens with zero attached hydrogens (tertiary/aromatic N) is 1. The van der Waals surface area contributed by atoms with E-state index in [1.165, 1.54) is 7.11 Å². The van der Waals surface area contributed by atoms with Gasteiger partial charge in [-0.1, -0.05) is 11.6 Å². The van der Waals surface area contributed by atoms with Gasteiger partial charge in [0.1, 0.15) is 5.75 Å². The zero-order valence-electron chi connectivity index (χ0n) is 11.3. The number of aryl methyl sites for hydroxylation is 1. The molecule has 0 aliphatic carbocycles. The predicted molar refractivity (Wildman–Crippen MR) is 78.0 cm³/mol. The molecule has 0 radical (unpaired) electrons. The number of hydrogen-bond acceptors (Lipinski definition) is 5. The van der Waals surface area contributed by atoms with Crippen molar-refractivity contribution in [2.24, 2.45) is 5.84 Å². The van der Waals surface area contributed by atoms with Gasteiger partial charge in [0.15, 0.2) is 23.3 Å². The van der Waals surface area contributed by atoms with E-state index in [2.05, 4.69) is 15.7 Å². The molecule has 8 heteroatoms. The van der Waals surface area contributed by atoms with E-state index >= 15 is 0 Å². The smallest absolute Gasteiger partial charge is 0.178 e.